The maximum absolute atomic E-state index is 4.32. The van der Waals surface area contributed by atoms with Crippen molar-refractivity contribution >= 4 is 12.6 Å². The van der Waals surface area contributed by atoms with Crippen molar-refractivity contribution in [3.05, 3.63) is 0 Å². The smallest absolute Gasteiger partial charge is 0.00979 e. The van der Waals surface area contributed by atoms with E-state index in [1.165, 1.54) is 31.1 Å². The molecule has 0 amide bonds. The topological polar surface area (TPSA) is 0 Å². The summed E-state index contributed by atoms with van der Waals surface area (Å²) in [4.78, 5) is 0. The zero-order valence-electron chi connectivity index (χ0n) is 9.70. The van der Waals surface area contributed by atoms with Gasteiger partial charge in [0.05, 0.1) is 0 Å². The van der Waals surface area contributed by atoms with Crippen molar-refractivity contribution < 1.29 is 0 Å². The van der Waals surface area contributed by atoms with Crippen molar-refractivity contribution in [3.8, 4) is 0 Å². The van der Waals surface area contributed by atoms with Crippen molar-refractivity contribution in [1.29, 1.82) is 0 Å². The maximum atomic E-state index is 4.32. The summed E-state index contributed by atoms with van der Waals surface area (Å²) >= 11 is 4.32. The molecule has 3 saturated carbocycles. The maximum Gasteiger partial charge on any atom is -0.00979 e. The molecule has 3 rings (SSSR count). The average Bonchev–Trinajstić information content (AvgIpc) is 2.89. The van der Waals surface area contributed by atoms with Gasteiger partial charge in [0.15, 0.2) is 0 Å². The third-order valence-corrected chi connectivity index (χ3v) is 5.87. The van der Waals surface area contributed by atoms with E-state index in [9.17, 15) is 0 Å². The van der Waals surface area contributed by atoms with Gasteiger partial charge in [-0.05, 0) is 73.9 Å². The molecule has 0 aromatic rings. The van der Waals surface area contributed by atoms with Crippen LogP contribution in [0.3, 0.4) is 0 Å². The second kappa shape index (κ2) is 4.31. The van der Waals surface area contributed by atoms with Gasteiger partial charge in [-0.1, -0.05) is 12.8 Å². The van der Waals surface area contributed by atoms with Gasteiger partial charge in [-0.2, -0.15) is 12.6 Å². The Balaban J connectivity index is 1.58. The number of hydrogen-bond donors (Lipinski definition) is 1. The molecule has 0 aromatic carbocycles. The highest BCUT2D eigenvalue weighted by Crippen LogP contribution is 2.61. The largest absolute Gasteiger partial charge is 0.179 e. The fourth-order valence-electron chi connectivity index (χ4n) is 5.07. The third-order valence-electron chi connectivity index (χ3n) is 5.56. The lowest BCUT2D eigenvalue weighted by molar-refractivity contribution is 0.203. The molecular weight excluding hydrogens is 200 g/mol. The fourth-order valence-corrected chi connectivity index (χ4v) is 5.30. The summed E-state index contributed by atoms with van der Waals surface area (Å²) in [7, 11) is 0. The quantitative estimate of drug-likeness (QED) is 0.538. The summed E-state index contributed by atoms with van der Waals surface area (Å²) in [5.41, 5.74) is 0. The standard InChI is InChI=1S/C14H24S/c15-8-2-1-3-10-6-7-13-11-4-5-12(9-11)14(10)13/h10-15H,1-9H2. The predicted octanol–water partition coefficient (Wildman–Crippen LogP) is 4.16. The van der Waals surface area contributed by atoms with E-state index in [1.54, 1.807) is 32.1 Å². The molecular formula is C14H24S. The van der Waals surface area contributed by atoms with Crippen molar-refractivity contribution in [2.45, 2.75) is 51.4 Å². The molecule has 0 spiro atoms. The number of rotatable bonds is 4. The number of hydrogen-bond acceptors (Lipinski definition) is 1. The predicted molar refractivity (Wildman–Crippen MR) is 68.2 cm³/mol. The van der Waals surface area contributed by atoms with E-state index in [4.69, 9.17) is 0 Å². The van der Waals surface area contributed by atoms with Crippen LogP contribution in [0, 0.1) is 29.6 Å². The number of fused-ring (bicyclic) bond motifs is 5. The van der Waals surface area contributed by atoms with E-state index in [0.717, 1.165) is 23.5 Å². The SMILES string of the molecule is SCCCCC1CCC2C3CCC(C3)C12. The molecule has 0 heterocycles. The molecule has 0 radical (unpaired) electrons. The van der Waals surface area contributed by atoms with Gasteiger partial charge in [0, 0.05) is 0 Å². The van der Waals surface area contributed by atoms with Crippen LogP contribution in [0.15, 0.2) is 0 Å². The zero-order valence-corrected chi connectivity index (χ0v) is 10.6. The van der Waals surface area contributed by atoms with Crippen molar-refractivity contribution in [3.63, 3.8) is 0 Å². The molecule has 5 atom stereocenters. The van der Waals surface area contributed by atoms with Gasteiger partial charge in [0.1, 0.15) is 0 Å². The highest BCUT2D eigenvalue weighted by atomic mass is 32.1. The lowest BCUT2D eigenvalue weighted by Gasteiger charge is -2.29. The molecule has 0 aromatic heterocycles. The summed E-state index contributed by atoms with van der Waals surface area (Å²) < 4.78 is 0. The van der Waals surface area contributed by atoms with Crippen LogP contribution >= 0.6 is 12.6 Å². The van der Waals surface area contributed by atoms with Gasteiger partial charge < -0.3 is 0 Å². The Bertz CT molecular complexity index is 225. The Kier molecular flexibility index (Phi) is 3.02. The first-order valence-electron chi connectivity index (χ1n) is 7.01. The molecule has 2 bridgehead atoms. The fraction of sp³-hybridized carbons (Fsp3) is 1.00. The van der Waals surface area contributed by atoms with Crippen LogP contribution in [0.4, 0.5) is 0 Å². The molecule has 0 nitrogen and oxygen atoms in total. The molecule has 0 saturated heterocycles. The minimum absolute atomic E-state index is 1.09. The van der Waals surface area contributed by atoms with Crippen LogP contribution < -0.4 is 0 Å². The Labute approximate surface area is 99.6 Å². The molecule has 1 heteroatoms. The first-order valence-corrected chi connectivity index (χ1v) is 7.64. The highest BCUT2D eigenvalue weighted by Gasteiger charge is 2.52. The molecule has 3 aliphatic carbocycles. The first kappa shape index (κ1) is 10.5. The zero-order chi connectivity index (χ0) is 10.3. The molecule has 0 aliphatic heterocycles. The average molecular weight is 224 g/mol. The number of thiol groups is 1. The molecule has 0 N–H and O–H groups in total. The summed E-state index contributed by atoms with van der Waals surface area (Å²) in [5, 5.41) is 0. The van der Waals surface area contributed by atoms with Crippen molar-refractivity contribution in [1.82, 2.24) is 0 Å². The molecule has 86 valence electrons. The summed E-state index contributed by atoms with van der Waals surface area (Å²) in [6.07, 6.45) is 12.2. The number of unbranched alkanes of at least 4 members (excludes halogenated alkanes) is 1. The first-order chi connectivity index (χ1) is 7.40. The van der Waals surface area contributed by atoms with Gasteiger partial charge in [0.2, 0.25) is 0 Å². The monoisotopic (exact) mass is 224 g/mol. The molecule has 15 heavy (non-hydrogen) atoms. The summed E-state index contributed by atoms with van der Waals surface area (Å²) in [6, 6.07) is 0. The molecule has 3 aliphatic rings. The van der Waals surface area contributed by atoms with E-state index in [0.29, 0.717) is 0 Å². The Hall–Kier alpha value is 0.350. The summed E-state index contributed by atoms with van der Waals surface area (Å²) in [6.45, 7) is 0. The van der Waals surface area contributed by atoms with E-state index < -0.39 is 0 Å². The van der Waals surface area contributed by atoms with Gasteiger partial charge in [-0.15, -0.1) is 0 Å². The van der Waals surface area contributed by atoms with Crippen LogP contribution in [0.25, 0.3) is 0 Å². The lowest BCUT2D eigenvalue weighted by atomic mass is 9.76. The van der Waals surface area contributed by atoms with E-state index in [-0.39, 0.29) is 0 Å². The summed E-state index contributed by atoms with van der Waals surface area (Å²) in [5.74, 6) is 6.87. The van der Waals surface area contributed by atoms with Gasteiger partial charge in [-0.25, -0.2) is 0 Å². The second-order valence-electron chi connectivity index (χ2n) is 6.13. The van der Waals surface area contributed by atoms with Crippen molar-refractivity contribution in [2.75, 3.05) is 5.75 Å². The highest BCUT2D eigenvalue weighted by molar-refractivity contribution is 7.80. The van der Waals surface area contributed by atoms with Crippen LogP contribution in [0.1, 0.15) is 51.4 Å². The Morgan fingerprint density at radius 1 is 0.933 bits per heavy atom. The Morgan fingerprint density at radius 3 is 2.67 bits per heavy atom. The second-order valence-corrected chi connectivity index (χ2v) is 6.58. The van der Waals surface area contributed by atoms with Crippen LogP contribution in [-0.4, -0.2) is 5.75 Å². The van der Waals surface area contributed by atoms with Gasteiger partial charge in [0.25, 0.3) is 0 Å². The third kappa shape index (κ3) is 1.75. The minimum atomic E-state index is 1.09. The molecule has 3 fully saturated rings. The molecule has 5 unspecified atom stereocenters. The lowest BCUT2D eigenvalue weighted by Crippen LogP contribution is -2.22. The van der Waals surface area contributed by atoms with Crippen LogP contribution in [-0.2, 0) is 0 Å². The van der Waals surface area contributed by atoms with Crippen LogP contribution in [0.2, 0.25) is 0 Å². The van der Waals surface area contributed by atoms with E-state index in [1.807, 2.05) is 0 Å². The van der Waals surface area contributed by atoms with Gasteiger partial charge in [-0.3, -0.25) is 0 Å². The Morgan fingerprint density at radius 2 is 1.80 bits per heavy atom. The van der Waals surface area contributed by atoms with Crippen molar-refractivity contribution in [2.24, 2.45) is 29.6 Å². The minimum Gasteiger partial charge on any atom is -0.179 e. The van der Waals surface area contributed by atoms with E-state index in [2.05, 4.69) is 12.6 Å². The van der Waals surface area contributed by atoms with Crippen LogP contribution in [0.5, 0.6) is 0 Å². The van der Waals surface area contributed by atoms with Gasteiger partial charge >= 0.3 is 0 Å². The normalized spacial score (nSPS) is 47.4. The van der Waals surface area contributed by atoms with E-state index >= 15 is 0 Å².